The lowest BCUT2D eigenvalue weighted by Crippen LogP contribution is -1.89. The Morgan fingerprint density at radius 1 is 0.410 bits per heavy atom. The van der Waals surface area contributed by atoms with Crippen LogP contribution < -0.4 is 0 Å². The Kier molecular flexibility index (Phi) is 19.1. The highest BCUT2D eigenvalue weighted by Crippen LogP contribution is 2.44. The molecule has 6 rings (SSSR count). The van der Waals surface area contributed by atoms with E-state index in [1.54, 1.807) is 0 Å². The van der Waals surface area contributed by atoms with E-state index in [1.807, 2.05) is 55.4 Å². The third-order valence-corrected chi connectivity index (χ3v) is 5.69. The van der Waals surface area contributed by atoms with Gasteiger partial charge >= 0.3 is 0 Å². The SMILES string of the molecule is CC.CC.CC.CC.CCC.CCC.c1ccc2c(c1)Cc1c-2ccc2c3ccccc3c3ccccc3c12. The van der Waals surface area contributed by atoms with Crippen molar-refractivity contribution in [1.82, 2.24) is 0 Å². The van der Waals surface area contributed by atoms with Crippen molar-refractivity contribution in [3.63, 3.8) is 0 Å². The van der Waals surface area contributed by atoms with Crippen molar-refractivity contribution in [2.45, 2.75) is 102 Å². The monoisotopic (exact) mass is 524 g/mol. The lowest BCUT2D eigenvalue weighted by molar-refractivity contribution is 1.09. The van der Waals surface area contributed by atoms with Gasteiger partial charge in [-0.25, -0.2) is 0 Å². The van der Waals surface area contributed by atoms with Crippen LogP contribution in [0.1, 0.15) is 107 Å². The van der Waals surface area contributed by atoms with Gasteiger partial charge in [-0.1, -0.05) is 181 Å². The highest BCUT2D eigenvalue weighted by molar-refractivity contribution is 6.27. The summed E-state index contributed by atoms with van der Waals surface area (Å²) in [6.45, 7) is 24.5. The van der Waals surface area contributed by atoms with Gasteiger partial charge in [0, 0.05) is 0 Å². The minimum atomic E-state index is 1.03. The lowest BCUT2D eigenvalue weighted by atomic mass is 9.90. The van der Waals surface area contributed by atoms with Crippen molar-refractivity contribution in [1.29, 1.82) is 0 Å². The van der Waals surface area contributed by atoms with E-state index < -0.39 is 0 Å². The van der Waals surface area contributed by atoms with Crippen molar-refractivity contribution >= 4 is 32.3 Å². The predicted octanol–water partition coefficient (Wildman–Crippen LogP) is 13.7. The Hall–Kier alpha value is -3.12. The first-order valence-corrected chi connectivity index (χ1v) is 15.7. The minimum absolute atomic E-state index is 1.03. The number of rotatable bonds is 0. The van der Waals surface area contributed by atoms with E-state index in [-0.39, 0.29) is 0 Å². The highest BCUT2D eigenvalue weighted by atomic mass is 14.2. The fraction of sp³-hybridized carbons (Fsp3) is 0.385. The normalized spacial score (nSPS) is 9.64. The van der Waals surface area contributed by atoms with Crippen LogP contribution in [0.3, 0.4) is 0 Å². The predicted molar refractivity (Wildman–Crippen MR) is 185 cm³/mol. The van der Waals surface area contributed by atoms with Gasteiger partial charge in [-0.15, -0.1) is 0 Å². The molecule has 1 aliphatic carbocycles. The van der Waals surface area contributed by atoms with Crippen LogP contribution in [0.25, 0.3) is 43.4 Å². The Labute approximate surface area is 241 Å². The zero-order valence-electron chi connectivity index (χ0n) is 27.2. The summed E-state index contributed by atoms with van der Waals surface area (Å²) in [6.07, 6.45) is 3.53. The Bertz CT molecular complexity index is 1300. The average molecular weight is 525 g/mol. The molecule has 0 aromatic heterocycles. The summed E-state index contributed by atoms with van der Waals surface area (Å²) in [5.74, 6) is 0. The van der Waals surface area contributed by atoms with E-state index in [2.05, 4.69) is 113 Å². The van der Waals surface area contributed by atoms with Crippen LogP contribution in [-0.4, -0.2) is 0 Å². The third-order valence-electron chi connectivity index (χ3n) is 5.69. The zero-order valence-corrected chi connectivity index (χ0v) is 27.2. The molecule has 1 aliphatic rings. The maximum atomic E-state index is 2.32. The number of hydrogen-bond acceptors (Lipinski definition) is 0. The Balaban J connectivity index is 0.000000898. The summed E-state index contributed by atoms with van der Waals surface area (Å²) in [7, 11) is 0. The van der Waals surface area contributed by atoms with Crippen molar-refractivity contribution in [2.75, 3.05) is 0 Å². The zero-order chi connectivity index (χ0) is 29.8. The second-order valence-electron chi connectivity index (χ2n) is 8.35. The fourth-order valence-electron chi connectivity index (χ4n) is 4.63. The minimum Gasteiger partial charge on any atom is -0.0683 e. The summed E-state index contributed by atoms with van der Waals surface area (Å²) in [5.41, 5.74) is 5.74. The third kappa shape index (κ3) is 8.43. The van der Waals surface area contributed by atoms with Gasteiger partial charge in [0.1, 0.15) is 0 Å². The summed E-state index contributed by atoms with van der Waals surface area (Å²) in [6, 6.07) is 31.1. The van der Waals surface area contributed by atoms with Crippen LogP contribution in [0.5, 0.6) is 0 Å². The Morgan fingerprint density at radius 2 is 0.769 bits per heavy atom. The number of benzene rings is 5. The average Bonchev–Trinajstić information content (AvgIpc) is 3.41. The van der Waals surface area contributed by atoms with Gasteiger partial charge in [0.15, 0.2) is 0 Å². The number of fused-ring (bicyclic) bond motifs is 10. The van der Waals surface area contributed by atoms with Gasteiger partial charge < -0.3 is 0 Å². The first kappa shape index (κ1) is 35.9. The molecule has 212 valence electrons. The first-order chi connectivity index (χ1) is 19.2. The lowest BCUT2D eigenvalue weighted by Gasteiger charge is -2.13. The molecule has 0 amide bonds. The van der Waals surface area contributed by atoms with Gasteiger partial charge in [-0.3, -0.25) is 0 Å². The molecule has 0 unspecified atom stereocenters. The van der Waals surface area contributed by atoms with E-state index in [0.717, 1.165) is 6.42 Å². The molecule has 0 saturated heterocycles. The maximum Gasteiger partial charge on any atom is -0.000706 e. The fourth-order valence-corrected chi connectivity index (χ4v) is 4.63. The molecule has 5 aromatic carbocycles. The van der Waals surface area contributed by atoms with Gasteiger partial charge in [0.2, 0.25) is 0 Å². The summed E-state index contributed by atoms with van der Waals surface area (Å²) in [4.78, 5) is 0. The molecule has 0 spiro atoms. The van der Waals surface area contributed by atoms with E-state index >= 15 is 0 Å². The van der Waals surface area contributed by atoms with Crippen molar-refractivity contribution < 1.29 is 0 Å². The molecule has 0 fully saturated rings. The summed E-state index contributed by atoms with van der Waals surface area (Å²) >= 11 is 0. The molecule has 0 saturated carbocycles. The maximum absolute atomic E-state index is 2.32. The van der Waals surface area contributed by atoms with Crippen LogP contribution in [0.15, 0.2) is 84.9 Å². The van der Waals surface area contributed by atoms with Crippen molar-refractivity contribution in [3.8, 4) is 11.1 Å². The molecule has 0 radical (unpaired) electrons. The standard InChI is InChI=1S/C25H16.2C3H8.4C2H6/c1-2-8-17-16(7-1)15-24-21(17)13-14-23-20-11-4-3-9-18(20)19-10-5-6-12-22(19)25(23)24;2*1-3-2;4*1-2/h1-14H,15H2;2*3H2,1-2H3;4*1-2H3. The van der Waals surface area contributed by atoms with Crippen LogP contribution in [0.4, 0.5) is 0 Å². The summed E-state index contributed by atoms with van der Waals surface area (Å²) < 4.78 is 0. The van der Waals surface area contributed by atoms with Crippen LogP contribution in [-0.2, 0) is 6.42 Å². The topological polar surface area (TPSA) is 0 Å². The molecule has 0 bridgehead atoms. The second-order valence-corrected chi connectivity index (χ2v) is 8.35. The van der Waals surface area contributed by atoms with Crippen LogP contribution in [0.2, 0.25) is 0 Å². The van der Waals surface area contributed by atoms with Crippen molar-refractivity contribution in [3.05, 3.63) is 96.1 Å². The molecule has 0 atom stereocenters. The summed E-state index contributed by atoms with van der Waals surface area (Å²) in [5, 5.41) is 8.25. The van der Waals surface area contributed by atoms with E-state index in [1.165, 1.54) is 67.4 Å². The molecule has 0 nitrogen and oxygen atoms in total. The van der Waals surface area contributed by atoms with Gasteiger partial charge in [0.05, 0.1) is 0 Å². The molecule has 0 aliphatic heterocycles. The second kappa shape index (κ2) is 20.8. The smallest absolute Gasteiger partial charge is 0.000706 e. The van der Waals surface area contributed by atoms with Crippen molar-refractivity contribution in [2.24, 2.45) is 0 Å². The first-order valence-electron chi connectivity index (χ1n) is 15.7. The molecule has 0 heterocycles. The molecular formula is C39H56. The quantitative estimate of drug-likeness (QED) is 0.173. The molecule has 0 N–H and O–H groups in total. The molecule has 39 heavy (non-hydrogen) atoms. The number of hydrogen-bond donors (Lipinski definition) is 0. The van der Waals surface area contributed by atoms with Gasteiger partial charge in [-0.2, -0.15) is 0 Å². The molecule has 0 heteroatoms. The largest absolute Gasteiger partial charge is 0.0683 e. The van der Waals surface area contributed by atoms with Gasteiger partial charge in [-0.05, 0) is 61.0 Å². The van der Waals surface area contributed by atoms with E-state index in [9.17, 15) is 0 Å². The van der Waals surface area contributed by atoms with Crippen LogP contribution in [0, 0.1) is 0 Å². The van der Waals surface area contributed by atoms with Crippen LogP contribution >= 0.6 is 0 Å². The van der Waals surface area contributed by atoms with E-state index in [0.29, 0.717) is 0 Å². The molecular weight excluding hydrogens is 468 g/mol. The molecule has 5 aromatic rings. The Morgan fingerprint density at radius 3 is 1.26 bits per heavy atom. The van der Waals surface area contributed by atoms with Gasteiger partial charge in [0.25, 0.3) is 0 Å². The van der Waals surface area contributed by atoms with E-state index in [4.69, 9.17) is 0 Å². The highest BCUT2D eigenvalue weighted by Gasteiger charge is 2.22.